The lowest BCUT2D eigenvalue weighted by Gasteiger charge is -2.32. The molecule has 6 nitrogen and oxygen atoms in total. The van der Waals surface area contributed by atoms with Gasteiger partial charge in [0.25, 0.3) is 0 Å². The molecule has 30 heavy (non-hydrogen) atoms. The fourth-order valence-electron chi connectivity index (χ4n) is 3.41. The van der Waals surface area contributed by atoms with Crippen molar-refractivity contribution in [1.29, 1.82) is 0 Å². The summed E-state index contributed by atoms with van der Waals surface area (Å²) in [7, 11) is -7.16. The Hall–Kier alpha value is -1.88. The molecule has 1 aliphatic heterocycles. The summed E-state index contributed by atoms with van der Waals surface area (Å²) < 4.78 is 78.0. The molecular weight excluding hydrogens is 434 g/mol. The molecule has 1 N–H and O–H groups in total. The highest BCUT2D eigenvalue weighted by atomic mass is 32.2. The second kappa shape index (κ2) is 9.51. The van der Waals surface area contributed by atoms with Gasteiger partial charge < -0.3 is 4.90 Å². The smallest absolute Gasteiger partial charge is 0.240 e. The number of hydrogen-bond acceptors (Lipinski definition) is 5. The summed E-state index contributed by atoms with van der Waals surface area (Å²) in [4.78, 5) is 2.23. The van der Waals surface area contributed by atoms with E-state index in [4.69, 9.17) is 0 Å². The third-order valence-corrected chi connectivity index (χ3v) is 8.45. The van der Waals surface area contributed by atoms with E-state index in [0.717, 1.165) is 24.3 Å². The molecule has 0 amide bonds. The van der Waals surface area contributed by atoms with Crippen molar-refractivity contribution in [3.05, 3.63) is 60.2 Å². The Morgan fingerprint density at radius 3 is 1.87 bits per heavy atom. The molecule has 0 aromatic heterocycles. The molecule has 1 heterocycles. The van der Waals surface area contributed by atoms with E-state index < -0.39 is 31.5 Å². The molecule has 164 valence electrons. The van der Waals surface area contributed by atoms with Gasteiger partial charge in [-0.05, 0) is 87.4 Å². The van der Waals surface area contributed by atoms with Crippen LogP contribution >= 0.6 is 0 Å². The minimum Gasteiger partial charge on any atom is -0.303 e. The van der Waals surface area contributed by atoms with Crippen LogP contribution in [-0.2, 0) is 19.9 Å². The molecule has 0 radical (unpaired) electrons. The lowest BCUT2D eigenvalue weighted by atomic mass is 10.1. The van der Waals surface area contributed by atoms with Crippen molar-refractivity contribution in [1.82, 2.24) is 9.62 Å². The highest BCUT2D eigenvalue weighted by molar-refractivity contribution is 7.91. The van der Waals surface area contributed by atoms with Gasteiger partial charge in [-0.1, -0.05) is 0 Å². The first-order valence-corrected chi connectivity index (χ1v) is 12.8. The number of nitrogens with one attached hydrogen (secondary N) is 1. The standard InChI is InChI=1S/C20H24F2N2O4S2/c21-16-2-6-19(7-3-16)29(25,26)15-1-12-24-13-10-18(11-14-24)23-30(27,28)20-8-4-17(22)5-9-20/h2-9,18,23H,1,10-15H2. The molecule has 0 aliphatic carbocycles. The van der Waals surface area contributed by atoms with Crippen LogP contribution in [0, 0.1) is 11.6 Å². The SMILES string of the molecule is O=S(=O)(CCCN1CCC(NS(=O)(=O)c2ccc(F)cc2)CC1)c1ccc(F)cc1. The molecule has 1 aliphatic rings. The summed E-state index contributed by atoms with van der Waals surface area (Å²) in [5, 5.41) is 0. The molecular formula is C20H24F2N2O4S2. The normalized spacial score (nSPS) is 16.6. The van der Waals surface area contributed by atoms with Crippen LogP contribution in [-0.4, -0.2) is 53.2 Å². The number of piperidine rings is 1. The summed E-state index contributed by atoms with van der Waals surface area (Å²) in [5.74, 6) is -1.01. The van der Waals surface area contributed by atoms with Crippen molar-refractivity contribution in [3.63, 3.8) is 0 Å². The average Bonchev–Trinajstić information content (AvgIpc) is 2.70. The molecule has 0 atom stereocenters. The molecule has 2 aromatic rings. The number of likely N-dealkylation sites (tertiary alicyclic amines) is 1. The Kier molecular flexibility index (Phi) is 7.22. The fourth-order valence-corrected chi connectivity index (χ4v) is 6.01. The van der Waals surface area contributed by atoms with Gasteiger partial charge in [0, 0.05) is 6.04 Å². The van der Waals surface area contributed by atoms with Crippen LogP contribution in [0.3, 0.4) is 0 Å². The monoisotopic (exact) mass is 458 g/mol. The molecule has 3 rings (SSSR count). The second-order valence-corrected chi connectivity index (χ2v) is 11.1. The van der Waals surface area contributed by atoms with Gasteiger partial charge in [0.05, 0.1) is 15.5 Å². The van der Waals surface area contributed by atoms with E-state index in [2.05, 4.69) is 9.62 Å². The summed E-state index contributed by atoms with van der Waals surface area (Å²) in [6, 6.07) is 9.25. The van der Waals surface area contributed by atoms with Crippen LogP contribution in [0.2, 0.25) is 0 Å². The Morgan fingerprint density at radius 2 is 1.33 bits per heavy atom. The van der Waals surface area contributed by atoms with Gasteiger partial charge in [-0.15, -0.1) is 0 Å². The second-order valence-electron chi connectivity index (χ2n) is 7.32. The third-order valence-electron chi connectivity index (χ3n) is 5.09. The van der Waals surface area contributed by atoms with Gasteiger partial charge in [-0.2, -0.15) is 0 Å². The maximum atomic E-state index is 13.0. The van der Waals surface area contributed by atoms with Gasteiger partial charge in [-0.25, -0.2) is 30.3 Å². The van der Waals surface area contributed by atoms with E-state index in [1.807, 2.05) is 0 Å². The van der Waals surface area contributed by atoms with Gasteiger partial charge >= 0.3 is 0 Å². The maximum absolute atomic E-state index is 13.0. The molecule has 2 aromatic carbocycles. The quantitative estimate of drug-likeness (QED) is 0.615. The number of halogens is 2. The van der Waals surface area contributed by atoms with Crippen molar-refractivity contribution in [2.45, 2.75) is 35.1 Å². The minimum absolute atomic E-state index is 0.0253. The van der Waals surface area contributed by atoms with Crippen LogP contribution in [0.5, 0.6) is 0 Å². The first-order valence-electron chi connectivity index (χ1n) is 9.64. The summed E-state index contributed by atoms with van der Waals surface area (Å²) in [6.07, 6.45) is 1.64. The van der Waals surface area contributed by atoms with Crippen LogP contribution in [0.15, 0.2) is 58.3 Å². The van der Waals surface area contributed by atoms with E-state index in [-0.39, 0.29) is 21.6 Å². The Morgan fingerprint density at radius 1 is 0.833 bits per heavy atom. The van der Waals surface area contributed by atoms with Crippen LogP contribution in [0.1, 0.15) is 19.3 Å². The topological polar surface area (TPSA) is 83.6 Å². The van der Waals surface area contributed by atoms with Gasteiger partial charge in [0.2, 0.25) is 10.0 Å². The molecule has 0 spiro atoms. The fraction of sp³-hybridized carbons (Fsp3) is 0.400. The largest absolute Gasteiger partial charge is 0.303 e. The lowest BCUT2D eigenvalue weighted by Crippen LogP contribution is -2.44. The number of sulfone groups is 1. The van der Waals surface area contributed by atoms with E-state index in [1.165, 1.54) is 24.3 Å². The zero-order chi connectivity index (χ0) is 21.8. The molecule has 1 fully saturated rings. The third kappa shape index (κ3) is 6.07. The summed E-state index contributed by atoms with van der Waals surface area (Å²) >= 11 is 0. The first-order chi connectivity index (χ1) is 14.2. The zero-order valence-electron chi connectivity index (χ0n) is 16.3. The van der Waals surface area contributed by atoms with Crippen LogP contribution in [0.4, 0.5) is 8.78 Å². The van der Waals surface area contributed by atoms with Crippen molar-refractivity contribution in [2.24, 2.45) is 0 Å². The summed E-state index contributed by atoms with van der Waals surface area (Å²) in [5.41, 5.74) is 0. The molecule has 0 unspecified atom stereocenters. The van der Waals surface area contributed by atoms with E-state index >= 15 is 0 Å². The lowest BCUT2D eigenvalue weighted by molar-refractivity contribution is 0.208. The Bertz CT molecular complexity index is 1050. The van der Waals surface area contributed by atoms with Gasteiger partial charge in [0.15, 0.2) is 9.84 Å². The maximum Gasteiger partial charge on any atom is 0.240 e. The molecule has 0 saturated carbocycles. The molecule has 10 heteroatoms. The number of sulfonamides is 1. The van der Waals surface area contributed by atoms with Gasteiger partial charge in [0.1, 0.15) is 11.6 Å². The predicted octanol–water partition coefficient (Wildman–Crippen LogP) is 2.57. The minimum atomic E-state index is -3.71. The van der Waals surface area contributed by atoms with E-state index in [0.29, 0.717) is 38.9 Å². The highest BCUT2D eigenvalue weighted by Crippen LogP contribution is 2.17. The van der Waals surface area contributed by atoms with E-state index in [1.54, 1.807) is 0 Å². The van der Waals surface area contributed by atoms with Crippen molar-refractivity contribution < 1.29 is 25.6 Å². The number of hydrogen-bond donors (Lipinski definition) is 1. The van der Waals surface area contributed by atoms with Crippen molar-refractivity contribution in [2.75, 3.05) is 25.4 Å². The van der Waals surface area contributed by atoms with Crippen LogP contribution < -0.4 is 4.72 Å². The highest BCUT2D eigenvalue weighted by Gasteiger charge is 2.25. The number of benzene rings is 2. The Balaban J connectivity index is 1.44. The summed E-state index contributed by atoms with van der Waals surface area (Å²) in [6.45, 7) is 1.87. The van der Waals surface area contributed by atoms with Crippen molar-refractivity contribution >= 4 is 19.9 Å². The van der Waals surface area contributed by atoms with Crippen LogP contribution in [0.25, 0.3) is 0 Å². The van der Waals surface area contributed by atoms with Crippen molar-refractivity contribution in [3.8, 4) is 0 Å². The van der Waals surface area contributed by atoms with E-state index in [9.17, 15) is 25.6 Å². The zero-order valence-corrected chi connectivity index (χ0v) is 17.9. The molecule has 0 bridgehead atoms. The Labute approximate surface area is 175 Å². The average molecular weight is 459 g/mol. The van der Waals surface area contributed by atoms with Gasteiger partial charge in [-0.3, -0.25) is 0 Å². The number of rotatable bonds is 8. The molecule has 1 saturated heterocycles. The first kappa shape index (κ1) is 22.8. The number of nitrogens with zero attached hydrogens (tertiary/aromatic N) is 1. The predicted molar refractivity (Wildman–Crippen MR) is 109 cm³/mol.